The third kappa shape index (κ3) is 6.50. The molecule has 0 unspecified atom stereocenters. The molecule has 1 N–H and O–H groups in total. The summed E-state index contributed by atoms with van der Waals surface area (Å²) in [6, 6.07) is 0. The minimum absolute atomic E-state index is 0.109. The lowest BCUT2D eigenvalue weighted by atomic mass is 10.2. The number of carbonyl (C=O) groups is 4. The average molecular weight is 275 g/mol. The van der Waals surface area contributed by atoms with Crippen molar-refractivity contribution < 1.29 is 24.3 Å². The van der Waals surface area contributed by atoms with Crippen LogP contribution in [0.25, 0.3) is 0 Å². The molecule has 0 heterocycles. The van der Waals surface area contributed by atoms with Gasteiger partial charge in [-0.1, -0.05) is 15.9 Å². The monoisotopic (exact) mass is 274 g/mol. The van der Waals surface area contributed by atoms with Crippen molar-refractivity contribution in [3.8, 4) is 0 Å². The summed E-state index contributed by atoms with van der Waals surface area (Å²) in [4.78, 5) is 40.0. The summed E-state index contributed by atoms with van der Waals surface area (Å²) in [5.41, 5.74) is 0. The SMILES string of the molecule is O=C(O)C(=O)CBr.O=C1C=CC(=O)C=C1. The molecule has 0 amide bonds. The predicted molar refractivity (Wildman–Crippen MR) is 54.7 cm³/mol. The van der Waals surface area contributed by atoms with Gasteiger partial charge in [0.05, 0.1) is 5.33 Å². The van der Waals surface area contributed by atoms with Gasteiger partial charge in [0.2, 0.25) is 5.78 Å². The minimum Gasteiger partial charge on any atom is -0.475 e. The van der Waals surface area contributed by atoms with Crippen molar-refractivity contribution >= 4 is 39.2 Å². The summed E-state index contributed by atoms with van der Waals surface area (Å²) >= 11 is 2.68. The standard InChI is InChI=1S/C6H4O2.C3H3BrO3/c7-5-1-2-6(8)4-3-5;4-1-2(5)3(6)7/h1-4H;1H2,(H,6,7). The molecule has 80 valence electrons. The Morgan fingerprint density at radius 3 is 1.53 bits per heavy atom. The van der Waals surface area contributed by atoms with Crippen LogP contribution in [0, 0.1) is 0 Å². The number of ketones is 3. The molecule has 1 aliphatic rings. The van der Waals surface area contributed by atoms with Gasteiger partial charge in [-0.2, -0.15) is 0 Å². The van der Waals surface area contributed by atoms with Crippen molar-refractivity contribution in [2.75, 3.05) is 5.33 Å². The molecule has 6 heteroatoms. The lowest BCUT2D eigenvalue weighted by molar-refractivity contribution is -0.147. The normalized spacial score (nSPS) is 13.1. The highest BCUT2D eigenvalue weighted by molar-refractivity contribution is 9.09. The second kappa shape index (κ2) is 6.83. The van der Waals surface area contributed by atoms with Crippen LogP contribution >= 0.6 is 15.9 Å². The molecule has 15 heavy (non-hydrogen) atoms. The molecular weight excluding hydrogens is 268 g/mol. The number of hydrogen-bond acceptors (Lipinski definition) is 4. The molecule has 1 rings (SSSR count). The van der Waals surface area contributed by atoms with Crippen molar-refractivity contribution in [2.45, 2.75) is 0 Å². The predicted octanol–water partition coefficient (Wildman–Crippen LogP) is 0.286. The van der Waals surface area contributed by atoms with Gasteiger partial charge >= 0.3 is 5.97 Å². The molecule has 0 saturated heterocycles. The molecule has 0 radical (unpaired) electrons. The number of alkyl halides is 1. The molecule has 0 aromatic heterocycles. The van der Waals surface area contributed by atoms with Crippen molar-refractivity contribution in [3.63, 3.8) is 0 Å². The van der Waals surface area contributed by atoms with E-state index in [4.69, 9.17) is 5.11 Å². The van der Waals surface area contributed by atoms with Crippen LogP contribution in [-0.2, 0) is 19.2 Å². The van der Waals surface area contributed by atoms with E-state index in [0.717, 1.165) is 0 Å². The lowest BCUT2D eigenvalue weighted by Gasteiger charge is -1.87. The Hall–Kier alpha value is -1.56. The third-order valence-corrected chi connectivity index (χ3v) is 1.69. The fourth-order valence-electron chi connectivity index (χ4n) is 0.497. The number of aliphatic carboxylic acids is 1. The van der Waals surface area contributed by atoms with Crippen LogP contribution in [0.1, 0.15) is 0 Å². The van der Waals surface area contributed by atoms with E-state index >= 15 is 0 Å². The van der Waals surface area contributed by atoms with E-state index in [1.807, 2.05) is 0 Å². The van der Waals surface area contributed by atoms with Crippen LogP contribution in [0.5, 0.6) is 0 Å². The Bertz CT molecular complexity index is 316. The lowest BCUT2D eigenvalue weighted by Crippen LogP contribution is -2.12. The second-order valence-electron chi connectivity index (χ2n) is 2.33. The van der Waals surface area contributed by atoms with Gasteiger partial charge in [-0.3, -0.25) is 14.4 Å². The van der Waals surface area contributed by atoms with Gasteiger partial charge in [-0.25, -0.2) is 4.79 Å². The highest BCUT2D eigenvalue weighted by atomic mass is 79.9. The van der Waals surface area contributed by atoms with Gasteiger partial charge < -0.3 is 5.11 Å². The maximum Gasteiger partial charge on any atom is 0.373 e. The number of Topliss-reactive ketones (excluding diaryl/α,β-unsaturated/α-hetero) is 1. The summed E-state index contributed by atoms with van der Waals surface area (Å²) in [6.07, 6.45) is 5.01. The number of allylic oxidation sites excluding steroid dienone is 4. The van der Waals surface area contributed by atoms with Gasteiger partial charge in [-0.05, 0) is 24.3 Å². The molecule has 0 spiro atoms. The molecule has 5 nitrogen and oxygen atoms in total. The summed E-state index contributed by atoms with van der Waals surface area (Å²) in [7, 11) is 0. The van der Waals surface area contributed by atoms with E-state index < -0.39 is 11.8 Å². The van der Waals surface area contributed by atoms with Crippen molar-refractivity contribution in [1.82, 2.24) is 0 Å². The third-order valence-electron chi connectivity index (χ3n) is 1.18. The van der Waals surface area contributed by atoms with Crippen molar-refractivity contribution in [2.24, 2.45) is 0 Å². The molecule has 1 aliphatic carbocycles. The number of carboxylic acid groups (broad SMARTS) is 1. The quantitative estimate of drug-likeness (QED) is 0.444. The molecule has 0 aromatic rings. The molecule has 0 atom stereocenters. The van der Waals surface area contributed by atoms with E-state index in [-0.39, 0.29) is 16.9 Å². The van der Waals surface area contributed by atoms with Gasteiger partial charge in [0.15, 0.2) is 11.6 Å². The average Bonchev–Trinajstić information content (AvgIpc) is 2.22. The number of carboxylic acids is 1. The van der Waals surface area contributed by atoms with Gasteiger partial charge in [0.25, 0.3) is 0 Å². The van der Waals surface area contributed by atoms with Crippen molar-refractivity contribution in [1.29, 1.82) is 0 Å². The van der Waals surface area contributed by atoms with Gasteiger partial charge in [0.1, 0.15) is 0 Å². The van der Waals surface area contributed by atoms with Crippen LogP contribution in [0.15, 0.2) is 24.3 Å². The van der Waals surface area contributed by atoms with E-state index in [0.29, 0.717) is 0 Å². The van der Waals surface area contributed by atoms with Crippen LogP contribution in [0.4, 0.5) is 0 Å². The van der Waals surface area contributed by atoms with E-state index in [2.05, 4.69) is 15.9 Å². The Morgan fingerprint density at radius 2 is 1.40 bits per heavy atom. The Morgan fingerprint density at radius 1 is 1.07 bits per heavy atom. The van der Waals surface area contributed by atoms with E-state index in [1.165, 1.54) is 24.3 Å². The fourth-order valence-corrected chi connectivity index (χ4v) is 0.737. The Kier molecular flexibility index (Phi) is 6.12. The summed E-state index contributed by atoms with van der Waals surface area (Å²) < 4.78 is 0. The Balaban J connectivity index is 0.000000265. The molecular formula is C9H7BrO5. The van der Waals surface area contributed by atoms with Gasteiger partial charge in [-0.15, -0.1) is 0 Å². The Labute approximate surface area is 93.6 Å². The highest BCUT2D eigenvalue weighted by Gasteiger charge is 2.06. The van der Waals surface area contributed by atoms with E-state index in [1.54, 1.807) is 0 Å². The summed E-state index contributed by atoms with van der Waals surface area (Å²) in [5, 5.41) is 7.69. The fraction of sp³-hybridized carbons (Fsp3) is 0.111. The van der Waals surface area contributed by atoms with Crippen molar-refractivity contribution in [3.05, 3.63) is 24.3 Å². The van der Waals surface area contributed by atoms with Gasteiger partial charge in [0, 0.05) is 0 Å². The molecule has 0 fully saturated rings. The zero-order valence-corrected chi connectivity index (χ0v) is 9.06. The van der Waals surface area contributed by atoms with Crippen LogP contribution < -0.4 is 0 Å². The molecule has 0 aliphatic heterocycles. The second-order valence-corrected chi connectivity index (χ2v) is 2.89. The summed E-state index contributed by atoms with van der Waals surface area (Å²) in [6.45, 7) is 0. The highest BCUT2D eigenvalue weighted by Crippen LogP contribution is 1.90. The largest absolute Gasteiger partial charge is 0.475 e. The molecule has 0 saturated carbocycles. The smallest absolute Gasteiger partial charge is 0.373 e. The first-order chi connectivity index (χ1) is 6.97. The van der Waals surface area contributed by atoms with Crippen LogP contribution in [0.2, 0.25) is 0 Å². The molecule has 0 aromatic carbocycles. The number of halogens is 1. The topological polar surface area (TPSA) is 88.5 Å². The zero-order chi connectivity index (χ0) is 11.8. The summed E-state index contributed by atoms with van der Waals surface area (Å²) in [5.74, 6) is -2.45. The van der Waals surface area contributed by atoms with E-state index in [9.17, 15) is 19.2 Å². The molecule has 0 bridgehead atoms. The maximum atomic E-state index is 10.3. The van der Waals surface area contributed by atoms with Crippen LogP contribution in [0.3, 0.4) is 0 Å². The first-order valence-corrected chi connectivity index (χ1v) is 4.85. The van der Waals surface area contributed by atoms with Crippen LogP contribution in [-0.4, -0.2) is 33.8 Å². The zero-order valence-electron chi connectivity index (χ0n) is 7.47. The minimum atomic E-state index is -1.39. The first-order valence-electron chi connectivity index (χ1n) is 3.73. The maximum absolute atomic E-state index is 10.3. The number of hydrogen-bond donors (Lipinski definition) is 1. The number of carbonyl (C=O) groups excluding carboxylic acids is 3. The first kappa shape index (κ1) is 13.4. The number of rotatable bonds is 2.